The van der Waals surface area contributed by atoms with E-state index in [2.05, 4.69) is 15.3 Å². The molecule has 1 aromatic heterocycles. The van der Waals surface area contributed by atoms with Gasteiger partial charge in [0.2, 0.25) is 0 Å². The molecule has 0 saturated carbocycles. The highest BCUT2D eigenvalue weighted by Crippen LogP contribution is 2.28. The molecule has 8 heteroatoms. The Hall–Kier alpha value is -2.90. The van der Waals surface area contributed by atoms with E-state index in [-0.39, 0.29) is 12.5 Å². The molecule has 0 bridgehead atoms. The van der Waals surface area contributed by atoms with Crippen LogP contribution in [0.2, 0.25) is 0 Å². The number of rotatable bonds is 9. The maximum atomic E-state index is 12.1. The summed E-state index contributed by atoms with van der Waals surface area (Å²) in [4.78, 5) is 13.8. The Bertz CT molecular complexity index is 696. The largest absolute Gasteiger partial charge is 0.490 e. The number of ether oxygens (including phenoxy) is 2. The van der Waals surface area contributed by atoms with Gasteiger partial charge in [-0.25, -0.2) is 4.68 Å². The molecule has 8 nitrogen and oxygen atoms in total. The van der Waals surface area contributed by atoms with Crippen molar-refractivity contribution in [1.82, 2.24) is 19.8 Å². The molecule has 1 aromatic carbocycles. The van der Waals surface area contributed by atoms with Gasteiger partial charge >= 0.3 is 0 Å². The van der Waals surface area contributed by atoms with Crippen LogP contribution in [0.1, 0.15) is 26.3 Å². The lowest BCUT2D eigenvalue weighted by molar-refractivity contribution is -0.132. The van der Waals surface area contributed by atoms with Gasteiger partial charge in [0, 0.05) is 13.1 Å². The predicted octanol–water partition coefficient (Wildman–Crippen LogP) is 1.81. The van der Waals surface area contributed by atoms with Gasteiger partial charge in [0.25, 0.3) is 5.91 Å². The van der Waals surface area contributed by atoms with Crippen molar-refractivity contribution in [2.24, 2.45) is 5.10 Å². The summed E-state index contributed by atoms with van der Waals surface area (Å²) in [6.45, 7) is 7.57. The molecular weight excluding hydrogens is 322 g/mol. The van der Waals surface area contributed by atoms with Crippen molar-refractivity contribution in [1.29, 1.82) is 0 Å². The van der Waals surface area contributed by atoms with Crippen molar-refractivity contribution in [3.05, 3.63) is 36.4 Å². The highest BCUT2D eigenvalue weighted by atomic mass is 16.5. The first-order chi connectivity index (χ1) is 12.2. The second kappa shape index (κ2) is 9.41. The number of hydrogen-bond acceptors (Lipinski definition) is 6. The van der Waals surface area contributed by atoms with Crippen LogP contribution in [-0.2, 0) is 4.79 Å². The van der Waals surface area contributed by atoms with Crippen LogP contribution in [0.5, 0.6) is 11.5 Å². The number of carbonyl (C=O) groups is 1. The summed E-state index contributed by atoms with van der Waals surface area (Å²) >= 11 is 0. The number of hydrogen-bond donors (Lipinski definition) is 0. The molecule has 1 heterocycles. The van der Waals surface area contributed by atoms with Crippen molar-refractivity contribution in [3.8, 4) is 11.5 Å². The van der Waals surface area contributed by atoms with E-state index in [1.807, 2.05) is 32.9 Å². The highest BCUT2D eigenvalue weighted by molar-refractivity contribution is 5.81. The van der Waals surface area contributed by atoms with Crippen LogP contribution in [0, 0.1) is 0 Å². The van der Waals surface area contributed by atoms with E-state index in [9.17, 15) is 4.79 Å². The monoisotopic (exact) mass is 345 g/mol. The quantitative estimate of drug-likeness (QED) is 0.647. The zero-order valence-electron chi connectivity index (χ0n) is 14.8. The molecule has 0 N–H and O–H groups in total. The summed E-state index contributed by atoms with van der Waals surface area (Å²) in [5.41, 5.74) is 0.833. The fraction of sp³-hybridized carbons (Fsp3) is 0.412. The van der Waals surface area contributed by atoms with Crippen molar-refractivity contribution in [2.75, 3.05) is 26.3 Å². The topological polar surface area (TPSA) is 81.8 Å². The molecule has 0 saturated heterocycles. The molecule has 0 atom stereocenters. The summed E-state index contributed by atoms with van der Waals surface area (Å²) in [6, 6.07) is 5.43. The minimum atomic E-state index is -0.0503. The Morgan fingerprint density at radius 2 is 1.88 bits per heavy atom. The van der Waals surface area contributed by atoms with Crippen LogP contribution in [-0.4, -0.2) is 58.2 Å². The second-order valence-electron chi connectivity index (χ2n) is 5.08. The Morgan fingerprint density at radius 3 is 2.52 bits per heavy atom. The first kappa shape index (κ1) is 18.4. The van der Waals surface area contributed by atoms with Crippen LogP contribution < -0.4 is 9.47 Å². The smallest absolute Gasteiger partial charge is 0.260 e. The number of likely N-dealkylation sites (N-methyl/N-ethyl adjacent to an activating group) is 1. The van der Waals surface area contributed by atoms with Crippen molar-refractivity contribution < 1.29 is 14.3 Å². The third kappa shape index (κ3) is 5.30. The molecule has 0 spiro atoms. The lowest BCUT2D eigenvalue weighted by atomic mass is 10.2. The van der Waals surface area contributed by atoms with Crippen molar-refractivity contribution >= 4 is 12.1 Å². The maximum Gasteiger partial charge on any atom is 0.260 e. The van der Waals surface area contributed by atoms with E-state index < -0.39 is 0 Å². The SMILES string of the molecule is CCOc1cc(/C=N\n2cnnc2)ccc1OCC(=O)N(CC)CC. The molecular formula is C17H23N5O3. The second-order valence-corrected chi connectivity index (χ2v) is 5.08. The van der Waals surface area contributed by atoms with Gasteiger partial charge in [-0.05, 0) is 44.5 Å². The van der Waals surface area contributed by atoms with Gasteiger partial charge in [-0.15, -0.1) is 10.2 Å². The predicted molar refractivity (Wildman–Crippen MR) is 94.0 cm³/mol. The van der Waals surface area contributed by atoms with E-state index in [1.54, 1.807) is 17.2 Å². The summed E-state index contributed by atoms with van der Waals surface area (Å²) < 4.78 is 12.8. The van der Waals surface area contributed by atoms with Gasteiger partial charge in [0.15, 0.2) is 18.1 Å². The first-order valence-corrected chi connectivity index (χ1v) is 8.24. The van der Waals surface area contributed by atoms with Gasteiger partial charge in [0.1, 0.15) is 12.7 Å². The fourth-order valence-corrected chi connectivity index (χ4v) is 2.19. The molecule has 25 heavy (non-hydrogen) atoms. The number of benzene rings is 1. The summed E-state index contributed by atoms with van der Waals surface area (Å²) in [7, 11) is 0. The third-order valence-corrected chi connectivity index (χ3v) is 3.48. The van der Waals surface area contributed by atoms with Crippen molar-refractivity contribution in [3.63, 3.8) is 0 Å². The molecule has 0 aliphatic heterocycles. The summed E-state index contributed by atoms with van der Waals surface area (Å²) in [5, 5.41) is 11.6. The Labute approximate surface area is 147 Å². The lowest BCUT2D eigenvalue weighted by Gasteiger charge is -2.19. The zero-order valence-corrected chi connectivity index (χ0v) is 14.8. The molecule has 0 aliphatic rings. The normalized spacial score (nSPS) is 10.8. The maximum absolute atomic E-state index is 12.1. The fourth-order valence-electron chi connectivity index (χ4n) is 2.19. The van der Waals surface area contributed by atoms with E-state index in [0.29, 0.717) is 31.2 Å². The minimum absolute atomic E-state index is 0.0180. The van der Waals surface area contributed by atoms with Crippen LogP contribution >= 0.6 is 0 Å². The van der Waals surface area contributed by atoms with Gasteiger partial charge in [0.05, 0.1) is 12.8 Å². The number of carbonyl (C=O) groups excluding carboxylic acids is 1. The summed E-state index contributed by atoms with van der Waals surface area (Å²) in [6.07, 6.45) is 4.66. The van der Waals surface area contributed by atoms with Crippen LogP contribution in [0.3, 0.4) is 0 Å². The van der Waals surface area contributed by atoms with Gasteiger partial charge in [-0.2, -0.15) is 5.10 Å². The van der Waals surface area contributed by atoms with Gasteiger partial charge < -0.3 is 14.4 Å². The van der Waals surface area contributed by atoms with Gasteiger partial charge in [-0.3, -0.25) is 4.79 Å². The van der Waals surface area contributed by atoms with Crippen LogP contribution in [0.25, 0.3) is 0 Å². The Morgan fingerprint density at radius 1 is 1.16 bits per heavy atom. The van der Waals surface area contributed by atoms with Crippen molar-refractivity contribution in [2.45, 2.75) is 20.8 Å². The van der Waals surface area contributed by atoms with Gasteiger partial charge in [-0.1, -0.05) is 0 Å². The molecule has 134 valence electrons. The number of aromatic nitrogens is 3. The van der Waals surface area contributed by atoms with E-state index in [1.165, 1.54) is 17.3 Å². The Balaban J connectivity index is 2.08. The molecule has 0 fully saturated rings. The highest BCUT2D eigenvalue weighted by Gasteiger charge is 2.12. The first-order valence-electron chi connectivity index (χ1n) is 8.24. The van der Waals surface area contributed by atoms with Crippen LogP contribution in [0.4, 0.5) is 0 Å². The Kier molecular flexibility index (Phi) is 6.94. The number of nitrogens with zero attached hydrogens (tertiary/aromatic N) is 5. The van der Waals surface area contributed by atoms with E-state index in [4.69, 9.17) is 9.47 Å². The molecule has 0 unspecified atom stereocenters. The van der Waals surface area contributed by atoms with E-state index >= 15 is 0 Å². The molecule has 2 rings (SSSR count). The molecule has 2 aromatic rings. The van der Waals surface area contributed by atoms with E-state index in [0.717, 1.165) is 5.56 Å². The van der Waals surface area contributed by atoms with Crippen LogP contribution in [0.15, 0.2) is 36.0 Å². The average molecular weight is 345 g/mol. The molecule has 0 radical (unpaired) electrons. The molecule has 1 amide bonds. The standard InChI is InChI=1S/C17H23N5O3/c1-4-21(5-2)17(23)11-25-15-8-7-14(9-16(15)24-6-3)10-20-22-12-18-19-13-22/h7-10,12-13H,4-6,11H2,1-3H3/b20-10-. The lowest BCUT2D eigenvalue weighted by Crippen LogP contribution is -2.34. The zero-order chi connectivity index (χ0) is 18.1. The minimum Gasteiger partial charge on any atom is -0.490 e. The molecule has 0 aliphatic carbocycles. The third-order valence-electron chi connectivity index (χ3n) is 3.48. The number of amides is 1. The average Bonchev–Trinajstić information content (AvgIpc) is 3.14. The summed E-state index contributed by atoms with van der Waals surface area (Å²) in [5.74, 6) is 1.05.